The number of hydrogen-bond donors (Lipinski definition) is 1. The maximum Gasteiger partial charge on any atom is 0.169 e. The Morgan fingerprint density at radius 3 is 1.45 bits per heavy atom. The van der Waals surface area contributed by atoms with Crippen molar-refractivity contribution in [2.24, 2.45) is 80.8 Å². The highest BCUT2D eigenvalue weighted by atomic mass is 32.1. The van der Waals surface area contributed by atoms with E-state index in [9.17, 15) is 0 Å². The number of nitrogens with zero attached hydrogens (tertiary/aromatic N) is 3. The molecule has 8 rings (SSSR count). The van der Waals surface area contributed by atoms with Gasteiger partial charge in [-0.05, 0) is 251 Å². The summed E-state index contributed by atoms with van der Waals surface area (Å²) >= 11 is 6.31. The Balaban J connectivity index is 0.858. The summed E-state index contributed by atoms with van der Waals surface area (Å²) in [6.45, 7) is 16.0. The molecule has 0 aromatic heterocycles. The zero-order chi connectivity index (χ0) is 37.8. The minimum atomic E-state index is 0.536. The topological polar surface area (TPSA) is 21.8 Å². The van der Waals surface area contributed by atoms with Gasteiger partial charge in [-0.2, -0.15) is 0 Å². The molecule has 5 heteroatoms. The molecule has 0 spiro atoms. The Morgan fingerprint density at radius 2 is 0.962 bits per heavy atom. The van der Waals surface area contributed by atoms with Gasteiger partial charge in [-0.15, -0.1) is 0 Å². The van der Waals surface area contributed by atoms with Crippen LogP contribution in [-0.2, 0) is 0 Å². The van der Waals surface area contributed by atoms with Gasteiger partial charge in [0.1, 0.15) is 0 Å². The van der Waals surface area contributed by atoms with Crippen LogP contribution in [0.2, 0.25) is 0 Å². The van der Waals surface area contributed by atoms with Crippen molar-refractivity contribution in [2.75, 3.05) is 35.2 Å². The van der Waals surface area contributed by atoms with Crippen molar-refractivity contribution in [3.63, 3.8) is 0 Å². The lowest BCUT2D eigenvalue weighted by molar-refractivity contribution is -0.121. The zero-order valence-electron chi connectivity index (χ0n) is 36.6. The van der Waals surface area contributed by atoms with E-state index in [2.05, 4.69) is 96.8 Å². The highest BCUT2D eigenvalue weighted by Crippen LogP contribution is 2.70. The molecule has 0 bridgehead atoms. The summed E-state index contributed by atoms with van der Waals surface area (Å²) in [5.74, 6) is 9.25. The molecule has 0 saturated heterocycles. The van der Waals surface area contributed by atoms with Crippen molar-refractivity contribution >= 4 is 17.3 Å². The van der Waals surface area contributed by atoms with Crippen LogP contribution in [0.4, 0.5) is 0 Å². The van der Waals surface area contributed by atoms with Gasteiger partial charge in [0.25, 0.3) is 0 Å². The number of nitrogens with one attached hydrogen (secondary N) is 1. The first-order valence-corrected chi connectivity index (χ1v) is 23.8. The fraction of sp³-hybridized carbons (Fsp3) is 0.979. The minimum absolute atomic E-state index is 0.536. The molecular weight excluding hydrogens is 665 g/mol. The van der Waals surface area contributed by atoms with E-state index in [1.165, 1.54) is 116 Å². The third-order valence-corrected chi connectivity index (χ3v) is 21.8. The van der Waals surface area contributed by atoms with Gasteiger partial charge < -0.3 is 20.0 Å². The van der Waals surface area contributed by atoms with Crippen LogP contribution in [0.3, 0.4) is 0 Å². The van der Waals surface area contributed by atoms with E-state index in [1.54, 1.807) is 0 Å². The van der Waals surface area contributed by atoms with Gasteiger partial charge in [0, 0.05) is 31.2 Å². The normalized spacial score (nSPS) is 51.6. The van der Waals surface area contributed by atoms with Crippen molar-refractivity contribution in [3.05, 3.63) is 0 Å². The Labute approximate surface area is 333 Å². The molecular formula is C48H84N4S. The van der Waals surface area contributed by atoms with Crippen LogP contribution in [0.1, 0.15) is 157 Å². The first kappa shape index (κ1) is 39.4. The van der Waals surface area contributed by atoms with E-state index in [0.29, 0.717) is 45.8 Å². The molecule has 8 aliphatic rings. The summed E-state index contributed by atoms with van der Waals surface area (Å²) in [5.41, 5.74) is 2.19. The molecule has 0 heterocycles. The van der Waals surface area contributed by atoms with Gasteiger partial charge in [-0.1, -0.05) is 27.7 Å². The Hall–Kier alpha value is -0.390. The second kappa shape index (κ2) is 14.2. The van der Waals surface area contributed by atoms with Crippen LogP contribution in [0.15, 0.2) is 0 Å². The smallest absolute Gasteiger partial charge is 0.169 e. The number of hydrogen-bond acceptors (Lipinski definition) is 3. The van der Waals surface area contributed by atoms with Gasteiger partial charge in [0.15, 0.2) is 5.11 Å². The number of fused-ring (bicyclic) bond motifs is 10. The summed E-state index contributed by atoms with van der Waals surface area (Å²) in [4.78, 5) is 7.58. The fourth-order valence-corrected chi connectivity index (χ4v) is 18.1. The lowest BCUT2D eigenvalue weighted by Gasteiger charge is -2.62. The molecule has 0 radical (unpaired) electrons. The molecule has 18 atom stereocenters. The van der Waals surface area contributed by atoms with E-state index in [0.717, 1.165) is 64.3 Å². The standard InChI is InChI=1S/C48H84N4S/c1-30(50(7)8)38-16-18-40-36-14-12-32-28-34(20-24-45(32,3)42(36)22-26-47(38,40)5)49-44(53)52(11)35-21-25-46(4)33(29-35)13-15-37-41-19-17-39(31(2)51(9)10)48(41,6)27-23-43(37)46/h30-43H,12-29H2,1-11H3,(H,49,53)/t30-,31-,32+,33+,34+,35-,36+,37+,38-,39-,40-,41-,42+,43-,45-,46-,47-,48-/m1/s1. The van der Waals surface area contributed by atoms with Crippen molar-refractivity contribution < 1.29 is 0 Å². The quantitative estimate of drug-likeness (QED) is 0.272. The largest absolute Gasteiger partial charge is 0.360 e. The van der Waals surface area contributed by atoms with Crippen LogP contribution in [0.5, 0.6) is 0 Å². The average Bonchev–Trinajstić information content (AvgIpc) is 3.67. The maximum absolute atomic E-state index is 6.31. The highest BCUT2D eigenvalue weighted by Gasteiger charge is 2.63. The lowest BCUT2D eigenvalue weighted by Crippen LogP contribution is -2.58. The van der Waals surface area contributed by atoms with Crippen LogP contribution < -0.4 is 5.32 Å². The molecule has 8 aliphatic carbocycles. The molecule has 1 N–H and O–H groups in total. The number of thiocarbonyl (C=S) groups is 1. The van der Waals surface area contributed by atoms with Crippen LogP contribution >= 0.6 is 12.2 Å². The highest BCUT2D eigenvalue weighted by molar-refractivity contribution is 7.80. The van der Waals surface area contributed by atoms with E-state index in [-0.39, 0.29) is 0 Å². The predicted octanol–water partition coefficient (Wildman–Crippen LogP) is 10.7. The number of rotatable bonds is 6. The van der Waals surface area contributed by atoms with Crippen LogP contribution in [0.25, 0.3) is 0 Å². The van der Waals surface area contributed by atoms with Gasteiger partial charge in [-0.25, -0.2) is 0 Å². The average molecular weight is 749 g/mol. The van der Waals surface area contributed by atoms with Crippen LogP contribution in [0, 0.1) is 80.8 Å². The molecule has 0 aliphatic heterocycles. The Kier molecular flexibility index (Phi) is 10.5. The predicted molar refractivity (Wildman–Crippen MR) is 228 cm³/mol. The third kappa shape index (κ3) is 6.16. The van der Waals surface area contributed by atoms with E-state index < -0.39 is 0 Å². The molecule has 302 valence electrons. The molecule has 0 unspecified atom stereocenters. The van der Waals surface area contributed by atoms with Crippen LogP contribution in [-0.4, -0.2) is 79.2 Å². The second-order valence-electron chi connectivity index (χ2n) is 23.1. The summed E-state index contributed by atoms with van der Waals surface area (Å²) < 4.78 is 0. The van der Waals surface area contributed by atoms with Gasteiger partial charge in [-0.3, -0.25) is 0 Å². The van der Waals surface area contributed by atoms with Gasteiger partial charge in [0.05, 0.1) is 0 Å². The summed E-state index contributed by atoms with van der Waals surface area (Å²) in [7, 11) is 11.6. The van der Waals surface area contributed by atoms with Crippen molar-refractivity contribution in [1.29, 1.82) is 0 Å². The molecule has 8 fully saturated rings. The molecule has 8 saturated carbocycles. The van der Waals surface area contributed by atoms with E-state index >= 15 is 0 Å². The molecule has 53 heavy (non-hydrogen) atoms. The van der Waals surface area contributed by atoms with Gasteiger partial charge >= 0.3 is 0 Å². The second-order valence-corrected chi connectivity index (χ2v) is 23.5. The molecule has 0 aromatic carbocycles. The van der Waals surface area contributed by atoms with Crippen molar-refractivity contribution in [3.8, 4) is 0 Å². The van der Waals surface area contributed by atoms with E-state index in [1.807, 2.05) is 0 Å². The monoisotopic (exact) mass is 749 g/mol. The minimum Gasteiger partial charge on any atom is -0.360 e. The summed E-state index contributed by atoms with van der Waals surface area (Å²) in [6.07, 6.45) is 25.9. The van der Waals surface area contributed by atoms with Gasteiger partial charge in [0.2, 0.25) is 0 Å². The SMILES string of the molecule is C[C@H]([C@H]1CC[C@@H]2[C@@H]3CC[C@H]4C[C@H](N(C)C(=S)N[C@H]5CC[C@]6(C)[C@@H](CC[C@H]7[C@H]8CC[C@H]([C@@H](C)N(C)C)[C@@]8(C)CC[C@@H]76)C5)CC[C@@]4(C)[C@@H]3CC[C@@]21C)N(C)C. The first-order valence-electron chi connectivity index (χ1n) is 23.4. The Morgan fingerprint density at radius 1 is 0.528 bits per heavy atom. The molecule has 0 aromatic rings. The summed E-state index contributed by atoms with van der Waals surface area (Å²) in [5, 5.41) is 5.10. The summed E-state index contributed by atoms with van der Waals surface area (Å²) in [6, 6.07) is 2.59. The molecule has 4 nitrogen and oxygen atoms in total. The lowest BCUT2D eigenvalue weighted by atomic mass is 9.44. The maximum atomic E-state index is 6.31. The molecule has 0 amide bonds. The third-order valence-electron chi connectivity index (χ3n) is 21.4. The van der Waals surface area contributed by atoms with Crippen molar-refractivity contribution in [1.82, 2.24) is 20.0 Å². The van der Waals surface area contributed by atoms with E-state index in [4.69, 9.17) is 12.2 Å². The van der Waals surface area contributed by atoms with Crippen molar-refractivity contribution in [2.45, 2.75) is 181 Å². The zero-order valence-corrected chi connectivity index (χ0v) is 37.4. The Bertz CT molecular complexity index is 1350. The first-order chi connectivity index (χ1) is 25.0. The fourth-order valence-electron chi connectivity index (χ4n) is 17.8.